The van der Waals surface area contributed by atoms with Crippen LogP contribution in [0.4, 0.5) is 0 Å². The zero-order valence-corrected chi connectivity index (χ0v) is 12.5. The van der Waals surface area contributed by atoms with E-state index in [0.717, 1.165) is 17.9 Å². The maximum Gasteiger partial charge on any atom is 0.123 e. The summed E-state index contributed by atoms with van der Waals surface area (Å²) in [6.07, 6.45) is 2.70. The van der Waals surface area contributed by atoms with Gasteiger partial charge in [-0.25, -0.2) is 0 Å². The Morgan fingerprint density at radius 1 is 1.25 bits per heavy atom. The Morgan fingerprint density at radius 3 is 2.70 bits per heavy atom. The maximum absolute atomic E-state index is 5.94. The van der Waals surface area contributed by atoms with Gasteiger partial charge < -0.3 is 14.5 Å². The number of benzene rings is 1. The molecule has 1 atom stereocenters. The summed E-state index contributed by atoms with van der Waals surface area (Å²) < 4.78 is 11.4. The topological polar surface area (TPSA) is 34.4 Å². The van der Waals surface area contributed by atoms with E-state index in [-0.39, 0.29) is 11.6 Å². The van der Waals surface area contributed by atoms with Gasteiger partial charge in [-0.15, -0.1) is 0 Å². The maximum atomic E-state index is 5.94. The van der Waals surface area contributed by atoms with Crippen LogP contribution in [0.3, 0.4) is 0 Å². The van der Waals surface area contributed by atoms with Gasteiger partial charge in [-0.2, -0.15) is 0 Å². The van der Waals surface area contributed by atoms with E-state index in [0.29, 0.717) is 0 Å². The van der Waals surface area contributed by atoms with Gasteiger partial charge in [0.25, 0.3) is 0 Å². The number of hydrogen-bond acceptors (Lipinski definition) is 3. The summed E-state index contributed by atoms with van der Waals surface area (Å²) in [5.41, 5.74) is 3.62. The molecule has 20 heavy (non-hydrogen) atoms. The quantitative estimate of drug-likeness (QED) is 0.926. The Labute approximate surface area is 119 Å². The first-order valence-corrected chi connectivity index (χ1v) is 7.03. The second kappa shape index (κ2) is 4.67. The van der Waals surface area contributed by atoms with Crippen LogP contribution in [0, 0.1) is 6.92 Å². The van der Waals surface area contributed by atoms with Crippen molar-refractivity contribution in [3.05, 3.63) is 53.0 Å². The van der Waals surface area contributed by atoms with Crippen LogP contribution < -0.4 is 10.1 Å². The Kier molecular flexibility index (Phi) is 3.09. The molecule has 1 N–H and O–H groups in total. The summed E-state index contributed by atoms with van der Waals surface area (Å²) in [5, 5.41) is 3.37. The number of furan rings is 1. The van der Waals surface area contributed by atoms with Crippen molar-refractivity contribution in [2.45, 2.75) is 38.8 Å². The minimum Gasteiger partial charge on any atom is -0.487 e. The molecule has 3 rings (SSSR count). The van der Waals surface area contributed by atoms with Gasteiger partial charge in [-0.1, -0.05) is 12.1 Å². The normalized spacial score (nSPS) is 17.6. The molecule has 2 heterocycles. The molecule has 3 heteroatoms. The fourth-order valence-corrected chi connectivity index (χ4v) is 3.01. The van der Waals surface area contributed by atoms with Crippen molar-refractivity contribution in [1.29, 1.82) is 0 Å². The van der Waals surface area contributed by atoms with Gasteiger partial charge in [0, 0.05) is 12.0 Å². The monoisotopic (exact) mass is 271 g/mol. The molecule has 0 aliphatic carbocycles. The third-order valence-corrected chi connectivity index (χ3v) is 3.92. The summed E-state index contributed by atoms with van der Waals surface area (Å²) in [5.74, 6) is 1.97. The lowest BCUT2D eigenvalue weighted by atomic mass is 9.95. The van der Waals surface area contributed by atoms with E-state index in [9.17, 15) is 0 Å². The molecule has 0 fully saturated rings. The summed E-state index contributed by atoms with van der Waals surface area (Å²) in [7, 11) is 1.98. The van der Waals surface area contributed by atoms with E-state index < -0.39 is 0 Å². The highest BCUT2D eigenvalue weighted by Crippen LogP contribution is 2.37. The van der Waals surface area contributed by atoms with E-state index in [4.69, 9.17) is 9.15 Å². The Morgan fingerprint density at radius 2 is 2.05 bits per heavy atom. The molecule has 1 aromatic carbocycles. The number of ether oxygens (including phenoxy) is 1. The summed E-state index contributed by atoms with van der Waals surface area (Å²) in [4.78, 5) is 0. The molecule has 1 aliphatic rings. The van der Waals surface area contributed by atoms with Gasteiger partial charge in [-0.05, 0) is 51.1 Å². The highest BCUT2D eigenvalue weighted by molar-refractivity contribution is 5.45. The Hall–Kier alpha value is -1.74. The van der Waals surface area contributed by atoms with Crippen molar-refractivity contribution in [2.24, 2.45) is 0 Å². The average Bonchev–Trinajstić information content (AvgIpc) is 2.92. The van der Waals surface area contributed by atoms with Gasteiger partial charge in [0.2, 0.25) is 0 Å². The molecule has 0 saturated heterocycles. The number of hydrogen-bond donors (Lipinski definition) is 1. The third kappa shape index (κ3) is 2.22. The summed E-state index contributed by atoms with van der Waals surface area (Å²) >= 11 is 0. The molecule has 0 spiro atoms. The zero-order chi connectivity index (χ0) is 14.3. The van der Waals surface area contributed by atoms with Crippen LogP contribution in [-0.4, -0.2) is 12.6 Å². The molecule has 1 aliphatic heterocycles. The minimum absolute atomic E-state index is 0.0956. The fourth-order valence-electron chi connectivity index (χ4n) is 3.01. The van der Waals surface area contributed by atoms with Crippen molar-refractivity contribution in [2.75, 3.05) is 7.05 Å². The fraction of sp³-hybridized carbons (Fsp3) is 0.412. The van der Waals surface area contributed by atoms with Crippen molar-refractivity contribution in [3.63, 3.8) is 0 Å². The van der Waals surface area contributed by atoms with E-state index >= 15 is 0 Å². The van der Waals surface area contributed by atoms with Crippen LogP contribution in [0.2, 0.25) is 0 Å². The van der Waals surface area contributed by atoms with Gasteiger partial charge in [0.1, 0.15) is 17.1 Å². The molecule has 0 amide bonds. The van der Waals surface area contributed by atoms with Crippen molar-refractivity contribution in [1.82, 2.24) is 5.32 Å². The zero-order valence-electron chi connectivity index (χ0n) is 12.5. The van der Waals surface area contributed by atoms with Crippen LogP contribution in [0.1, 0.15) is 42.3 Å². The summed E-state index contributed by atoms with van der Waals surface area (Å²) in [6.45, 7) is 6.25. The van der Waals surface area contributed by atoms with Crippen LogP contribution in [0.5, 0.6) is 5.75 Å². The second-order valence-corrected chi connectivity index (χ2v) is 6.06. The molecule has 0 saturated carbocycles. The molecule has 106 valence electrons. The largest absolute Gasteiger partial charge is 0.487 e. The van der Waals surface area contributed by atoms with Crippen molar-refractivity contribution >= 4 is 0 Å². The standard InChI is InChI=1S/C17H21NO2/c1-11-14(7-8-19-11)16(18-4)12-5-6-15-13(9-12)10-17(2,3)20-15/h5-9,16,18H,10H2,1-4H3. The van der Waals surface area contributed by atoms with Gasteiger partial charge >= 0.3 is 0 Å². The van der Waals surface area contributed by atoms with Crippen LogP contribution in [-0.2, 0) is 6.42 Å². The van der Waals surface area contributed by atoms with E-state index in [1.54, 1.807) is 6.26 Å². The highest BCUT2D eigenvalue weighted by atomic mass is 16.5. The molecule has 1 aromatic heterocycles. The number of fused-ring (bicyclic) bond motifs is 1. The molecule has 1 unspecified atom stereocenters. The number of rotatable bonds is 3. The predicted octanol–water partition coefficient (Wildman–Crippen LogP) is 3.61. The van der Waals surface area contributed by atoms with Gasteiger partial charge in [0.05, 0.1) is 12.3 Å². The van der Waals surface area contributed by atoms with E-state index in [1.165, 1.54) is 16.7 Å². The summed E-state index contributed by atoms with van der Waals surface area (Å²) in [6, 6.07) is 8.65. The van der Waals surface area contributed by atoms with Crippen molar-refractivity contribution in [3.8, 4) is 5.75 Å². The number of nitrogens with one attached hydrogen (secondary N) is 1. The van der Waals surface area contributed by atoms with Crippen LogP contribution >= 0.6 is 0 Å². The van der Waals surface area contributed by atoms with E-state index in [1.807, 2.05) is 20.0 Å². The van der Waals surface area contributed by atoms with Crippen LogP contribution in [0.15, 0.2) is 34.9 Å². The Balaban J connectivity index is 1.97. The first-order chi connectivity index (χ1) is 9.50. The molecule has 2 aromatic rings. The molecule has 3 nitrogen and oxygen atoms in total. The van der Waals surface area contributed by atoms with Crippen LogP contribution in [0.25, 0.3) is 0 Å². The molecule has 0 bridgehead atoms. The van der Waals surface area contributed by atoms with E-state index in [2.05, 4.69) is 37.4 Å². The lowest BCUT2D eigenvalue weighted by Crippen LogP contribution is -2.24. The first kappa shape index (κ1) is 13.3. The Bertz CT molecular complexity index is 628. The molecular weight excluding hydrogens is 250 g/mol. The predicted molar refractivity (Wildman–Crippen MR) is 79.2 cm³/mol. The lowest BCUT2D eigenvalue weighted by molar-refractivity contribution is 0.138. The van der Waals surface area contributed by atoms with Crippen molar-refractivity contribution < 1.29 is 9.15 Å². The smallest absolute Gasteiger partial charge is 0.123 e. The van der Waals surface area contributed by atoms with Gasteiger partial charge in [-0.3, -0.25) is 0 Å². The first-order valence-electron chi connectivity index (χ1n) is 7.03. The highest BCUT2D eigenvalue weighted by Gasteiger charge is 2.30. The second-order valence-electron chi connectivity index (χ2n) is 6.06. The third-order valence-electron chi connectivity index (χ3n) is 3.92. The minimum atomic E-state index is -0.0956. The average molecular weight is 271 g/mol. The van der Waals surface area contributed by atoms with Gasteiger partial charge in [0.15, 0.2) is 0 Å². The lowest BCUT2D eigenvalue weighted by Gasteiger charge is -2.17. The molecule has 0 radical (unpaired) electrons. The SMILES string of the molecule is CNC(c1ccc2c(c1)CC(C)(C)O2)c1ccoc1C. The number of aryl methyl sites for hydroxylation is 1. The molecular formula is C17H21NO2.